The maximum absolute atomic E-state index is 12.0. The highest BCUT2D eigenvalue weighted by atomic mass is 16.5. The number of piperazine rings is 1. The number of aryl methyl sites for hydroxylation is 1. The van der Waals surface area contributed by atoms with Gasteiger partial charge in [-0.2, -0.15) is 0 Å². The molecule has 4 heteroatoms. The number of methoxy groups -OCH3 is 1. The second-order valence-corrected chi connectivity index (χ2v) is 4.80. The van der Waals surface area contributed by atoms with Crippen LogP contribution in [0.5, 0.6) is 5.75 Å². The first-order valence-electron chi connectivity index (χ1n) is 6.91. The van der Waals surface area contributed by atoms with Gasteiger partial charge >= 0.3 is 0 Å². The molecule has 0 saturated carbocycles. The molecule has 0 bridgehead atoms. The third-order valence-electron chi connectivity index (χ3n) is 3.50. The number of rotatable bonds is 5. The Morgan fingerprint density at radius 2 is 2.05 bits per heavy atom. The third kappa shape index (κ3) is 3.96. The molecule has 0 spiro atoms. The lowest BCUT2D eigenvalue weighted by molar-refractivity contribution is -0.131. The molecule has 1 heterocycles. The summed E-state index contributed by atoms with van der Waals surface area (Å²) in [5, 5.41) is 3.26. The number of hydrogen-bond donors (Lipinski definition) is 1. The quantitative estimate of drug-likeness (QED) is 0.873. The normalized spacial score (nSPS) is 15.3. The molecule has 0 atom stereocenters. The summed E-state index contributed by atoms with van der Waals surface area (Å²) in [5.41, 5.74) is 1.18. The lowest BCUT2D eigenvalue weighted by Crippen LogP contribution is -2.46. The molecule has 1 aromatic rings. The molecule has 0 radical (unpaired) electrons. The van der Waals surface area contributed by atoms with Crippen LogP contribution in [0.3, 0.4) is 0 Å². The molecular weight excluding hydrogens is 240 g/mol. The van der Waals surface area contributed by atoms with Gasteiger partial charge in [0.25, 0.3) is 0 Å². The molecule has 0 unspecified atom stereocenters. The fourth-order valence-corrected chi connectivity index (χ4v) is 2.41. The summed E-state index contributed by atoms with van der Waals surface area (Å²) in [7, 11) is 1.69. The van der Waals surface area contributed by atoms with Crippen molar-refractivity contribution in [3.05, 3.63) is 29.8 Å². The van der Waals surface area contributed by atoms with E-state index in [0.29, 0.717) is 6.42 Å². The van der Waals surface area contributed by atoms with Crippen molar-refractivity contribution in [2.45, 2.75) is 19.3 Å². The van der Waals surface area contributed by atoms with E-state index < -0.39 is 0 Å². The second-order valence-electron chi connectivity index (χ2n) is 4.80. The standard InChI is InChI=1S/C15H22N2O2/c1-19-14-7-3-2-5-13(14)6-4-8-15(18)17-11-9-16-10-12-17/h2-3,5,7,16H,4,6,8-12H2,1H3. The average molecular weight is 262 g/mol. The van der Waals surface area contributed by atoms with Crippen LogP contribution >= 0.6 is 0 Å². The van der Waals surface area contributed by atoms with Gasteiger partial charge in [-0.05, 0) is 24.5 Å². The van der Waals surface area contributed by atoms with E-state index in [1.165, 1.54) is 5.56 Å². The van der Waals surface area contributed by atoms with Crippen molar-refractivity contribution in [1.29, 1.82) is 0 Å². The maximum atomic E-state index is 12.0. The fourth-order valence-electron chi connectivity index (χ4n) is 2.41. The molecule has 4 nitrogen and oxygen atoms in total. The summed E-state index contributed by atoms with van der Waals surface area (Å²) >= 11 is 0. The van der Waals surface area contributed by atoms with E-state index in [0.717, 1.165) is 44.8 Å². The molecule has 19 heavy (non-hydrogen) atoms. The number of ether oxygens (including phenoxy) is 1. The van der Waals surface area contributed by atoms with Crippen LogP contribution in [-0.4, -0.2) is 44.1 Å². The Balaban J connectivity index is 1.78. The van der Waals surface area contributed by atoms with E-state index in [1.807, 2.05) is 23.1 Å². The van der Waals surface area contributed by atoms with Crippen LogP contribution in [0.15, 0.2) is 24.3 Å². The van der Waals surface area contributed by atoms with Crippen LogP contribution in [0.25, 0.3) is 0 Å². The van der Waals surface area contributed by atoms with Gasteiger partial charge in [-0.25, -0.2) is 0 Å². The molecule has 0 aliphatic carbocycles. The van der Waals surface area contributed by atoms with Gasteiger partial charge in [0.15, 0.2) is 0 Å². The maximum Gasteiger partial charge on any atom is 0.222 e. The lowest BCUT2D eigenvalue weighted by atomic mass is 10.1. The van der Waals surface area contributed by atoms with Crippen LogP contribution < -0.4 is 10.1 Å². The summed E-state index contributed by atoms with van der Waals surface area (Å²) in [6.45, 7) is 3.51. The molecule has 1 N–H and O–H groups in total. The molecule has 1 aromatic carbocycles. The first kappa shape index (κ1) is 13.9. The molecule has 1 saturated heterocycles. The van der Waals surface area contributed by atoms with Crippen molar-refractivity contribution < 1.29 is 9.53 Å². The van der Waals surface area contributed by atoms with Gasteiger partial charge in [-0.3, -0.25) is 4.79 Å². The van der Waals surface area contributed by atoms with Gasteiger partial charge in [-0.15, -0.1) is 0 Å². The number of amides is 1. The van der Waals surface area contributed by atoms with Crippen molar-refractivity contribution >= 4 is 5.91 Å². The SMILES string of the molecule is COc1ccccc1CCCC(=O)N1CCNCC1. The van der Waals surface area contributed by atoms with Gasteiger partial charge in [0.05, 0.1) is 7.11 Å². The summed E-state index contributed by atoms with van der Waals surface area (Å²) in [6, 6.07) is 8.01. The molecule has 2 rings (SSSR count). The number of para-hydroxylation sites is 1. The Morgan fingerprint density at radius 1 is 1.32 bits per heavy atom. The van der Waals surface area contributed by atoms with Gasteiger partial charge in [0.2, 0.25) is 5.91 Å². The van der Waals surface area contributed by atoms with Crippen LogP contribution in [0.2, 0.25) is 0 Å². The predicted octanol–water partition coefficient (Wildman–Crippen LogP) is 1.45. The highest BCUT2D eigenvalue weighted by Gasteiger charge is 2.15. The van der Waals surface area contributed by atoms with Crippen molar-refractivity contribution in [3.8, 4) is 5.75 Å². The number of nitrogens with zero attached hydrogens (tertiary/aromatic N) is 1. The zero-order valence-electron chi connectivity index (χ0n) is 11.5. The Bertz CT molecular complexity index is 414. The molecule has 1 aliphatic rings. The first-order valence-corrected chi connectivity index (χ1v) is 6.91. The summed E-state index contributed by atoms with van der Waals surface area (Å²) in [6.07, 6.45) is 2.39. The zero-order valence-corrected chi connectivity index (χ0v) is 11.5. The molecule has 1 amide bonds. The molecular formula is C15H22N2O2. The summed E-state index contributed by atoms with van der Waals surface area (Å²) < 4.78 is 5.32. The number of carbonyl (C=O) groups excluding carboxylic acids is 1. The van der Waals surface area contributed by atoms with Crippen molar-refractivity contribution in [2.24, 2.45) is 0 Å². The number of carbonyl (C=O) groups is 1. The van der Waals surface area contributed by atoms with Crippen molar-refractivity contribution in [2.75, 3.05) is 33.3 Å². The summed E-state index contributed by atoms with van der Waals surface area (Å²) in [5.74, 6) is 1.19. The topological polar surface area (TPSA) is 41.6 Å². The molecule has 1 fully saturated rings. The van der Waals surface area contributed by atoms with E-state index >= 15 is 0 Å². The number of benzene rings is 1. The molecule has 1 aliphatic heterocycles. The average Bonchev–Trinajstić information content (AvgIpc) is 2.48. The first-order chi connectivity index (χ1) is 9.31. The lowest BCUT2D eigenvalue weighted by Gasteiger charge is -2.27. The van der Waals surface area contributed by atoms with E-state index in [2.05, 4.69) is 11.4 Å². The van der Waals surface area contributed by atoms with Crippen LogP contribution in [0.4, 0.5) is 0 Å². The Hall–Kier alpha value is -1.55. The summed E-state index contributed by atoms with van der Waals surface area (Å²) in [4.78, 5) is 14.0. The third-order valence-corrected chi connectivity index (χ3v) is 3.50. The Morgan fingerprint density at radius 3 is 2.79 bits per heavy atom. The van der Waals surface area contributed by atoms with Crippen LogP contribution in [-0.2, 0) is 11.2 Å². The Labute approximate surface area is 114 Å². The molecule has 0 aromatic heterocycles. The van der Waals surface area contributed by atoms with E-state index in [9.17, 15) is 4.79 Å². The minimum absolute atomic E-state index is 0.274. The van der Waals surface area contributed by atoms with Gasteiger partial charge in [-0.1, -0.05) is 18.2 Å². The van der Waals surface area contributed by atoms with Gasteiger partial charge < -0.3 is 15.0 Å². The number of hydrogen-bond acceptors (Lipinski definition) is 3. The smallest absolute Gasteiger partial charge is 0.222 e. The predicted molar refractivity (Wildman–Crippen MR) is 75.4 cm³/mol. The minimum Gasteiger partial charge on any atom is -0.496 e. The van der Waals surface area contributed by atoms with Crippen LogP contribution in [0.1, 0.15) is 18.4 Å². The fraction of sp³-hybridized carbons (Fsp3) is 0.533. The van der Waals surface area contributed by atoms with Crippen molar-refractivity contribution in [1.82, 2.24) is 10.2 Å². The number of nitrogens with one attached hydrogen (secondary N) is 1. The van der Waals surface area contributed by atoms with Crippen LogP contribution in [0, 0.1) is 0 Å². The highest BCUT2D eigenvalue weighted by Crippen LogP contribution is 2.19. The van der Waals surface area contributed by atoms with Gasteiger partial charge in [0.1, 0.15) is 5.75 Å². The highest BCUT2D eigenvalue weighted by molar-refractivity contribution is 5.76. The Kier molecular flexibility index (Phi) is 5.21. The van der Waals surface area contributed by atoms with Gasteiger partial charge in [0, 0.05) is 32.6 Å². The molecule has 104 valence electrons. The van der Waals surface area contributed by atoms with E-state index in [-0.39, 0.29) is 5.91 Å². The van der Waals surface area contributed by atoms with Crippen molar-refractivity contribution in [3.63, 3.8) is 0 Å². The van der Waals surface area contributed by atoms with E-state index in [1.54, 1.807) is 7.11 Å². The second kappa shape index (κ2) is 7.14. The zero-order chi connectivity index (χ0) is 13.5. The minimum atomic E-state index is 0.274. The largest absolute Gasteiger partial charge is 0.496 e. The van der Waals surface area contributed by atoms with E-state index in [4.69, 9.17) is 4.74 Å². The monoisotopic (exact) mass is 262 g/mol.